The molecule has 7 heteroatoms. The first-order valence-electron chi connectivity index (χ1n) is 8.47. The van der Waals surface area contributed by atoms with Gasteiger partial charge in [0, 0.05) is 37.3 Å². The quantitative estimate of drug-likeness (QED) is 0.370. The van der Waals surface area contributed by atoms with E-state index >= 15 is 0 Å². The van der Waals surface area contributed by atoms with Gasteiger partial charge in [0.1, 0.15) is 17.2 Å². The third-order valence-corrected chi connectivity index (χ3v) is 4.40. The van der Waals surface area contributed by atoms with Crippen molar-refractivity contribution in [3.8, 4) is 17.2 Å². The summed E-state index contributed by atoms with van der Waals surface area (Å²) < 4.78 is 16.3. The van der Waals surface area contributed by atoms with Crippen LogP contribution in [0.1, 0.15) is 31.2 Å². The van der Waals surface area contributed by atoms with Crippen molar-refractivity contribution in [2.45, 2.75) is 38.1 Å². The Labute approximate surface area is 167 Å². The van der Waals surface area contributed by atoms with Crippen LogP contribution in [0.25, 0.3) is 0 Å². The molecule has 0 aliphatic heterocycles. The van der Waals surface area contributed by atoms with Crippen molar-refractivity contribution >= 4 is 29.9 Å². The summed E-state index contributed by atoms with van der Waals surface area (Å²) in [6.45, 7) is 0.742. The normalized spacial score (nSPS) is 14.6. The number of benzene rings is 1. The van der Waals surface area contributed by atoms with Gasteiger partial charge in [-0.25, -0.2) is 0 Å². The van der Waals surface area contributed by atoms with Gasteiger partial charge in [0.15, 0.2) is 5.96 Å². The van der Waals surface area contributed by atoms with Gasteiger partial charge in [0.05, 0.1) is 21.3 Å². The van der Waals surface area contributed by atoms with E-state index in [-0.39, 0.29) is 24.0 Å². The maximum absolute atomic E-state index is 5.49. The topological polar surface area (TPSA) is 64.1 Å². The van der Waals surface area contributed by atoms with Gasteiger partial charge in [-0.15, -0.1) is 24.0 Å². The highest BCUT2D eigenvalue weighted by Gasteiger charge is 2.16. The highest BCUT2D eigenvalue weighted by Crippen LogP contribution is 2.34. The monoisotopic (exact) mass is 463 g/mol. The van der Waals surface area contributed by atoms with Crippen LogP contribution in [-0.4, -0.2) is 46.9 Å². The van der Waals surface area contributed by atoms with Gasteiger partial charge >= 0.3 is 0 Å². The number of guanidine groups is 1. The van der Waals surface area contributed by atoms with Crippen molar-refractivity contribution in [1.82, 2.24) is 10.6 Å². The summed E-state index contributed by atoms with van der Waals surface area (Å²) in [5.41, 5.74) is 1.02. The van der Waals surface area contributed by atoms with E-state index in [0.29, 0.717) is 6.04 Å². The molecule has 1 aliphatic rings. The van der Waals surface area contributed by atoms with Gasteiger partial charge < -0.3 is 24.8 Å². The number of methoxy groups -OCH3 is 3. The second-order valence-electron chi connectivity index (χ2n) is 5.89. The Bertz CT molecular complexity index is 535. The number of nitrogens with zero attached hydrogens (tertiary/aromatic N) is 1. The molecule has 2 N–H and O–H groups in total. The zero-order valence-corrected chi connectivity index (χ0v) is 17.9. The Morgan fingerprint density at radius 1 is 1.08 bits per heavy atom. The third-order valence-electron chi connectivity index (χ3n) is 4.40. The van der Waals surface area contributed by atoms with Gasteiger partial charge in [-0.3, -0.25) is 4.99 Å². The summed E-state index contributed by atoms with van der Waals surface area (Å²) in [4.78, 5) is 4.31. The van der Waals surface area contributed by atoms with Gasteiger partial charge in [-0.1, -0.05) is 12.8 Å². The van der Waals surface area contributed by atoms with E-state index in [1.165, 1.54) is 25.7 Å². The highest BCUT2D eigenvalue weighted by molar-refractivity contribution is 14.0. The predicted octanol–water partition coefficient (Wildman–Crippen LogP) is 2.98. The lowest BCUT2D eigenvalue weighted by Crippen LogP contribution is -2.43. The van der Waals surface area contributed by atoms with Crippen LogP contribution in [0.5, 0.6) is 17.2 Å². The average Bonchev–Trinajstić information content (AvgIpc) is 3.13. The molecule has 0 heterocycles. The van der Waals surface area contributed by atoms with Gasteiger partial charge in [0.25, 0.3) is 0 Å². The van der Waals surface area contributed by atoms with Crippen molar-refractivity contribution in [2.75, 3.05) is 34.9 Å². The largest absolute Gasteiger partial charge is 0.496 e. The first-order chi connectivity index (χ1) is 11.7. The number of rotatable bonds is 7. The van der Waals surface area contributed by atoms with Crippen LogP contribution < -0.4 is 24.8 Å². The molecule has 0 unspecified atom stereocenters. The molecule has 1 saturated carbocycles. The van der Waals surface area contributed by atoms with Crippen molar-refractivity contribution in [2.24, 2.45) is 4.99 Å². The molecular weight excluding hydrogens is 433 g/mol. The van der Waals surface area contributed by atoms with E-state index < -0.39 is 0 Å². The molecule has 1 aromatic rings. The minimum Gasteiger partial charge on any atom is -0.496 e. The molecular formula is C18H30IN3O3. The minimum atomic E-state index is 0. The third kappa shape index (κ3) is 6.13. The van der Waals surface area contributed by atoms with Crippen LogP contribution in [0.2, 0.25) is 0 Å². The lowest BCUT2D eigenvalue weighted by Gasteiger charge is -2.18. The second-order valence-corrected chi connectivity index (χ2v) is 5.89. The van der Waals surface area contributed by atoms with E-state index in [2.05, 4.69) is 15.6 Å². The molecule has 6 nitrogen and oxygen atoms in total. The number of ether oxygens (including phenoxy) is 3. The van der Waals surface area contributed by atoms with Crippen molar-refractivity contribution in [3.63, 3.8) is 0 Å². The molecule has 1 aromatic carbocycles. The molecule has 0 bridgehead atoms. The molecule has 0 radical (unpaired) electrons. The van der Waals surface area contributed by atoms with Crippen LogP contribution >= 0.6 is 24.0 Å². The number of aliphatic imine (C=N–C) groups is 1. The first kappa shape index (κ1) is 21.7. The maximum atomic E-state index is 5.49. The van der Waals surface area contributed by atoms with Crippen molar-refractivity contribution in [3.05, 3.63) is 17.7 Å². The number of halogens is 1. The molecule has 25 heavy (non-hydrogen) atoms. The molecule has 0 atom stereocenters. The van der Waals surface area contributed by atoms with Crippen LogP contribution in [0.4, 0.5) is 0 Å². The van der Waals surface area contributed by atoms with Crippen LogP contribution in [-0.2, 0) is 6.42 Å². The molecule has 0 saturated heterocycles. The molecule has 2 rings (SSSR count). The van der Waals surface area contributed by atoms with Crippen LogP contribution in [0.15, 0.2) is 17.1 Å². The molecule has 0 spiro atoms. The van der Waals surface area contributed by atoms with Gasteiger partial charge in [-0.2, -0.15) is 0 Å². The Morgan fingerprint density at radius 2 is 1.68 bits per heavy atom. The maximum Gasteiger partial charge on any atom is 0.191 e. The van der Waals surface area contributed by atoms with E-state index in [0.717, 1.165) is 41.7 Å². The lowest BCUT2D eigenvalue weighted by atomic mass is 10.1. The van der Waals surface area contributed by atoms with E-state index in [9.17, 15) is 0 Å². The fourth-order valence-corrected chi connectivity index (χ4v) is 3.09. The standard InChI is InChI=1S/C18H29N3O3.HI/c1-19-18(21-13-7-5-6-8-13)20-10-9-15-16(23-3)11-14(22-2)12-17(15)24-4;/h11-13H,5-10H2,1-4H3,(H2,19,20,21);1H. The number of nitrogens with one attached hydrogen (secondary N) is 2. The average molecular weight is 463 g/mol. The summed E-state index contributed by atoms with van der Waals surface area (Å²) in [6.07, 6.45) is 5.81. The van der Waals surface area contributed by atoms with Crippen molar-refractivity contribution in [1.29, 1.82) is 0 Å². The zero-order chi connectivity index (χ0) is 17.4. The Kier molecular flexibility index (Phi) is 9.77. The molecule has 1 fully saturated rings. The fraction of sp³-hybridized carbons (Fsp3) is 0.611. The zero-order valence-electron chi connectivity index (χ0n) is 15.6. The summed E-state index contributed by atoms with van der Waals surface area (Å²) >= 11 is 0. The van der Waals surface area contributed by atoms with Crippen LogP contribution in [0.3, 0.4) is 0 Å². The summed E-state index contributed by atoms with van der Waals surface area (Å²) in [6, 6.07) is 4.30. The van der Waals surface area contributed by atoms with E-state index in [1.807, 2.05) is 12.1 Å². The smallest absolute Gasteiger partial charge is 0.191 e. The fourth-order valence-electron chi connectivity index (χ4n) is 3.09. The second kappa shape index (κ2) is 11.3. The van der Waals surface area contributed by atoms with E-state index in [4.69, 9.17) is 14.2 Å². The Hall–Kier alpha value is -1.38. The SMILES string of the molecule is CN=C(NCCc1c(OC)cc(OC)cc1OC)NC1CCCC1.I. The van der Waals surface area contributed by atoms with Gasteiger partial charge in [-0.05, 0) is 19.3 Å². The minimum absolute atomic E-state index is 0. The Morgan fingerprint density at radius 3 is 2.16 bits per heavy atom. The van der Waals surface area contributed by atoms with Gasteiger partial charge in [0.2, 0.25) is 0 Å². The number of hydrogen-bond donors (Lipinski definition) is 2. The first-order valence-corrected chi connectivity index (χ1v) is 8.47. The summed E-state index contributed by atoms with van der Waals surface area (Å²) in [5, 5.41) is 6.86. The summed E-state index contributed by atoms with van der Waals surface area (Å²) in [7, 11) is 6.75. The molecule has 0 aromatic heterocycles. The highest BCUT2D eigenvalue weighted by atomic mass is 127. The molecule has 1 aliphatic carbocycles. The lowest BCUT2D eigenvalue weighted by molar-refractivity contribution is 0.368. The van der Waals surface area contributed by atoms with Crippen molar-refractivity contribution < 1.29 is 14.2 Å². The number of hydrogen-bond acceptors (Lipinski definition) is 4. The summed E-state index contributed by atoms with van der Waals surface area (Å²) in [5.74, 6) is 3.12. The van der Waals surface area contributed by atoms with Crippen LogP contribution in [0, 0.1) is 0 Å². The Balaban J connectivity index is 0.00000312. The molecule has 0 amide bonds. The molecule has 142 valence electrons. The van der Waals surface area contributed by atoms with E-state index in [1.54, 1.807) is 28.4 Å². The predicted molar refractivity (Wildman–Crippen MR) is 112 cm³/mol.